The first kappa shape index (κ1) is 13.6. The number of aliphatic carboxylic acids is 2. The first-order valence-electron chi connectivity index (χ1n) is 4.51. The Balaban J connectivity index is 3.84. The summed E-state index contributed by atoms with van der Waals surface area (Å²) in [6, 6.07) is 0. The van der Waals surface area contributed by atoms with Gasteiger partial charge < -0.3 is 19.7 Å². The Kier molecular flexibility index (Phi) is 7.17. The summed E-state index contributed by atoms with van der Waals surface area (Å²) >= 11 is 0. The van der Waals surface area contributed by atoms with Gasteiger partial charge in [-0.05, 0) is 12.3 Å². The lowest BCUT2D eigenvalue weighted by atomic mass is 9.98. The van der Waals surface area contributed by atoms with E-state index in [0.717, 1.165) is 0 Å². The van der Waals surface area contributed by atoms with Crippen LogP contribution in [0.1, 0.15) is 19.3 Å². The molecule has 0 saturated heterocycles. The normalized spacial score (nSPS) is 10.2. The minimum atomic E-state index is -1.03. The molecule has 86 valence electrons. The third-order valence-electron chi connectivity index (χ3n) is 1.78. The number of carbonyl (C=O) groups is 3. The number of carboxylic acid groups (broad SMARTS) is 2. The van der Waals surface area contributed by atoms with Crippen LogP contribution in [-0.4, -0.2) is 41.7 Å². The molecule has 6 heteroatoms. The monoisotopic (exact) mass is 218 g/mol. The van der Waals surface area contributed by atoms with Crippen LogP contribution in [0.5, 0.6) is 0 Å². The smallest absolute Gasteiger partial charge is 0.303 e. The van der Waals surface area contributed by atoms with Crippen molar-refractivity contribution in [1.29, 1.82) is 0 Å². The van der Waals surface area contributed by atoms with Gasteiger partial charge in [0.1, 0.15) is 12.9 Å². The minimum absolute atomic E-state index is 0.0487. The second kappa shape index (κ2) is 7.93. The Bertz CT molecular complexity index is 209. The molecule has 0 radical (unpaired) electrons. The molecule has 0 aromatic rings. The summed E-state index contributed by atoms with van der Waals surface area (Å²) in [6.45, 7) is 0.150. The predicted octanol–water partition coefficient (Wildman–Crippen LogP) is 0.158. The molecule has 6 nitrogen and oxygen atoms in total. The zero-order chi connectivity index (χ0) is 11.7. The van der Waals surface area contributed by atoms with Gasteiger partial charge in [-0.3, -0.25) is 9.59 Å². The topological polar surface area (TPSA) is 101 Å². The molecule has 2 N–H and O–H groups in total. The number of carbonyl (C=O) groups excluding carboxylic acids is 1. The lowest BCUT2D eigenvalue weighted by molar-refractivity contribution is -0.141. The molecule has 15 heavy (non-hydrogen) atoms. The van der Waals surface area contributed by atoms with Crippen molar-refractivity contribution in [1.82, 2.24) is 0 Å². The van der Waals surface area contributed by atoms with E-state index < -0.39 is 17.9 Å². The zero-order valence-electron chi connectivity index (χ0n) is 8.22. The number of hydrogen-bond donors (Lipinski definition) is 2. The minimum Gasteiger partial charge on any atom is -0.481 e. The van der Waals surface area contributed by atoms with Crippen molar-refractivity contribution < 1.29 is 29.3 Å². The molecule has 0 rings (SSSR count). The van der Waals surface area contributed by atoms with Crippen molar-refractivity contribution in [3.8, 4) is 0 Å². The average molecular weight is 218 g/mol. The van der Waals surface area contributed by atoms with E-state index in [9.17, 15) is 14.4 Å². The first-order valence-corrected chi connectivity index (χ1v) is 4.51. The van der Waals surface area contributed by atoms with Gasteiger partial charge in [-0.25, -0.2) is 0 Å². The summed E-state index contributed by atoms with van der Waals surface area (Å²) in [7, 11) is 0. The standard InChI is InChI=1S/C9H14O6/c10-2-4-15-3-1-7(5-8(11)12)6-9(13)14/h2,7H,1,3-6H2,(H,11,12)(H,13,14). The van der Waals surface area contributed by atoms with E-state index in [1.807, 2.05) is 0 Å². The molecule has 0 aliphatic carbocycles. The summed E-state index contributed by atoms with van der Waals surface area (Å²) in [5, 5.41) is 17.0. The number of rotatable bonds is 9. The van der Waals surface area contributed by atoms with Crippen molar-refractivity contribution >= 4 is 18.2 Å². The van der Waals surface area contributed by atoms with Gasteiger partial charge in [0.15, 0.2) is 0 Å². The highest BCUT2D eigenvalue weighted by molar-refractivity contribution is 5.70. The van der Waals surface area contributed by atoms with E-state index in [4.69, 9.17) is 14.9 Å². The van der Waals surface area contributed by atoms with Crippen LogP contribution >= 0.6 is 0 Å². The molecule has 0 aliphatic rings. The van der Waals surface area contributed by atoms with Crippen LogP contribution in [0.3, 0.4) is 0 Å². The van der Waals surface area contributed by atoms with E-state index in [1.54, 1.807) is 0 Å². The number of carboxylic acids is 2. The van der Waals surface area contributed by atoms with Gasteiger partial charge in [0.05, 0.1) is 0 Å². The fourth-order valence-corrected chi connectivity index (χ4v) is 1.15. The molecule has 0 aromatic carbocycles. The maximum absolute atomic E-state index is 10.4. The summed E-state index contributed by atoms with van der Waals surface area (Å²) in [5.41, 5.74) is 0. The van der Waals surface area contributed by atoms with Crippen LogP contribution in [-0.2, 0) is 19.1 Å². The second-order valence-electron chi connectivity index (χ2n) is 3.09. The largest absolute Gasteiger partial charge is 0.481 e. The van der Waals surface area contributed by atoms with Crippen LogP contribution in [0, 0.1) is 5.92 Å². The maximum Gasteiger partial charge on any atom is 0.303 e. The fourth-order valence-electron chi connectivity index (χ4n) is 1.15. The van der Waals surface area contributed by atoms with Gasteiger partial charge in [0.25, 0.3) is 0 Å². The van der Waals surface area contributed by atoms with Crippen molar-refractivity contribution in [2.75, 3.05) is 13.2 Å². The van der Waals surface area contributed by atoms with Gasteiger partial charge in [0.2, 0.25) is 0 Å². The van der Waals surface area contributed by atoms with Crippen LogP contribution in [0.15, 0.2) is 0 Å². The number of aldehydes is 1. The molecule has 0 fully saturated rings. The third kappa shape index (κ3) is 8.89. The summed E-state index contributed by atoms with van der Waals surface area (Å²) in [5.74, 6) is -2.51. The van der Waals surface area contributed by atoms with E-state index in [2.05, 4.69) is 0 Å². The predicted molar refractivity (Wildman–Crippen MR) is 49.5 cm³/mol. The number of ether oxygens (including phenoxy) is 1. The maximum atomic E-state index is 10.4. The Morgan fingerprint density at radius 1 is 1.20 bits per heavy atom. The highest BCUT2D eigenvalue weighted by Gasteiger charge is 2.16. The van der Waals surface area contributed by atoms with E-state index in [-0.39, 0.29) is 26.1 Å². The molecule has 0 atom stereocenters. The zero-order valence-corrected chi connectivity index (χ0v) is 8.22. The highest BCUT2D eigenvalue weighted by atomic mass is 16.5. The molecular formula is C9H14O6. The molecular weight excluding hydrogens is 204 g/mol. The molecule has 0 amide bonds. The quantitative estimate of drug-likeness (QED) is 0.422. The molecule has 0 saturated carbocycles. The molecule has 0 bridgehead atoms. The SMILES string of the molecule is O=CCOCCC(CC(=O)O)CC(=O)O. The van der Waals surface area contributed by atoms with E-state index in [0.29, 0.717) is 12.7 Å². The van der Waals surface area contributed by atoms with Crippen LogP contribution < -0.4 is 0 Å². The second-order valence-corrected chi connectivity index (χ2v) is 3.09. The van der Waals surface area contributed by atoms with Gasteiger partial charge >= 0.3 is 11.9 Å². The molecule has 0 aliphatic heterocycles. The molecule has 0 aromatic heterocycles. The molecule has 0 heterocycles. The average Bonchev–Trinajstić information content (AvgIpc) is 2.10. The van der Waals surface area contributed by atoms with Crippen molar-refractivity contribution in [2.45, 2.75) is 19.3 Å². The Hall–Kier alpha value is -1.43. The van der Waals surface area contributed by atoms with Crippen LogP contribution in [0.4, 0.5) is 0 Å². The van der Waals surface area contributed by atoms with Crippen LogP contribution in [0.2, 0.25) is 0 Å². The Labute approximate surface area is 86.8 Å². The lowest BCUT2D eigenvalue weighted by Gasteiger charge is -2.11. The Morgan fingerprint density at radius 3 is 2.13 bits per heavy atom. The summed E-state index contributed by atoms with van der Waals surface area (Å²) in [6.07, 6.45) is 0.517. The first-order chi connectivity index (χ1) is 7.06. The summed E-state index contributed by atoms with van der Waals surface area (Å²) in [4.78, 5) is 30.7. The van der Waals surface area contributed by atoms with Gasteiger partial charge in [-0.2, -0.15) is 0 Å². The van der Waals surface area contributed by atoms with Gasteiger partial charge in [0, 0.05) is 19.4 Å². The van der Waals surface area contributed by atoms with Gasteiger partial charge in [-0.15, -0.1) is 0 Å². The van der Waals surface area contributed by atoms with Crippen LogP contribution in [0.25, 0.3) is 0 Å². The molecule has 0 unspecified atom stereocenters. The fraction of sp³-hybridized carbons (Fsp3) is 0.667. The number of hydrogen-bond acceptors (Lipinski definition) is 4. The third-order valence-corrected chi connectivity index (χ3v) is 1.78. The van der Waals surface area contributed by atoms with E-state index >= 15 is 0 Å². The van der Waals surface area contributed by atoms with Crippen molar-refractivity contribution in [3.05, 3.63) is 0 Å². The highest BCUT2D eigenvalue weighted by Crippen LogP contribution is 2.13. The molecule has 0 spiro atoms. The van der Waals surface area contributed by atoms with E-state index in [1.165, 1.54) is 0 Å². The lowest BCUT2D eigenvalue weighted by Crippen LogP contribution is -2.15. The Morgan fingerprint density at radius 2 is 1.73 bits per heavy atom. The summed E-state index contributed by atoms with van der Waals surface area (Å²) < 4.78 is 4.82. The van der Waals surface area contributed by atoms with Crippen molar-refractivity contribution in [3.63, 3.8) is 0 Å². The van der Waals surface area contributed by atoms with Gasteiger partial charge in [-0.1, -0.05) is 0 Å². The van der Waals surface area contributed by atoms with Crippen molar-refractivity contribution in [2.24, 2.45) is 5.92 Å².